The number of amides is 2. The third-order valence-electron chi connectivity index (χ3n) is 5.43. The monoisotopic (exact) mass is 411 g/mol. The summed E-state index contributed by atoms with van der Waals surface area (Å²) in [6, 6.07) is 5.37. The third kappa shape index (κ3) is 5.29. The summed E-state index contributed by atoms with van der Waals surface area (Å²) >= 11 is 0. The number of carbonyl (C=O) groups is 2. The van der Waals surface area contributed by atoms with E-state index in [2.05, 4.69) is 10.6 Å². The van der Waals surface area contributed by atoms with Gasteiger partial charge in [-0.2, -0.15) is 0 Å². The van der Waals surface area contributed by atoms with Crippen LogP contribution in [0.25, 0.3) is 0 Å². The largest absolute Gasteiger partial charge is 0.493 e. The molecule has 0 bridgehead atoms. The molecule has 7 nitrogen and oxygen atoms in total. The van der Waals surface area contributed by atoms with Gasteiger partial charge in [-0.1, -0.05) is 0 Å². The van der Waals surface area contributed by atoms with Crippen molar-refractivity contribution in [2.45, 2.75) is 31.7 Å². The SMILES string of the molecule is COc1ccc(C(=O)N2CCC(NC(=O)C3CCCNC3)CC2)cc1OC.Cl. The standard InChI is InChI=1S/C20H29N3O4.ClH/c1-26-17-6-5-14(12-18(17)27-2)20(25)23-10-7-16(8-11-23)22-19(24)15-4-3-9-21-13-15;/h5-6,12,15-16,21H,3-4,7-11,13H2,1-2H3,(H,22,24);1H. The smallest absolute Gasteiger partial charge is 0.253 e. The highest BCUT2D eigenvalue weighted by molar-refractivity contribution is 5.95. The number of hydrogen-bond donors (Lipinski definition) is 2. The molecule has 2 aliphatic rings. The lowest BCUT2D eigenvalue weighted by atomic mass is 9.97. The van der Waals surface area contributed by atoms with E-state index in [-0.39, 0.29) is 36.2 Å². The van der Waals surface area contributed by atoms with Gasteiger partial charge in [-0.15, -0.1) is 12.4 Å². The first-order valence-electron chi connectivity index (χ1n) is 9.64. The van der Waals surface area contributed by atoms with Crippen molar-refractivity contribution in [2.75, 3.05) is 40.4 Å². The molecule has 1 unspecified atom stereocenters. The fraction of sp³-hybridized carbons (Fsp3) is 0.600. The van der Waals surface area contributed by atoms with Crippen molar-refractivity contribution in [1.82, 2.24) is 15.5 Å². The number of carbonyl (C=O) groups excluding carboxylic acids is 2. The van der Waals surface area contributed by atoms with Crippen LogP contribution in [0, 0.1) is 5.92 Å². The Kier molecular flexibility index (Phi) is 8.38. The van der Waals surface area contributed by atoms with Crippen molar-refractivity contribution in [3.63, 3.8) is 0 Å². The molecule has 156 valence electrons. The van der Waals surface area contributed by atoms with Crippen molar-refractivity contribution < 1.29 is 19.1 Å². The Morgan fingerprint density at radius 2 is 1.82 bits per heavy atom. The lowest BCUT2D eigenvalue weighted by Gasteiger charge is -2.33. The number of nitrogens with one attached hydrogen (secondary N) is 2. The highest BCUT2D eigenvalue weighted by Gasteiger charge is 2.28. The lowest BCUT2D eigenvalue weighted by molar-refractivity contribution is -0.126. The van der Waals surface area contributed by atoms with Gasteiger partial charge in [0, 0.05) is 31.2 Å². The summed E-state index contributed by atoms with van der Waals surface area (Å²) in [7, 11) is 3.13. The number of rotatable bonds is 5. The summed E-state index contributed by atoms with van der Waals surface area (Å²) in [6.07, 6.45) is 3.57. The quantitative estimate of drug-likeness (QED) is 0.772. The molecule has 28 heavy (non-hydrogen) atoms. The Morgan fingerprint density at radius 3 is 2.43 bits per heavy atom. The number of methoxy groups -OCH3 is 2. The van der Waals surface area contributed by atoms with Crippen molar-refractivity contribution in [1.29, 1.82) is 0 Å². The van der Waals surface area contributed by atoms with Crippen LogP contribution in [-0.2, 0) is 4.79 Å². The van der Waals surface area contributed by atoms with E-state index < -0.39 is 0 Å². The summed E-state index contributed by atoms with van der Waals surface area (Å²) in [5, 5.41) is 6.45. The molecule has 2 amide bonds. The summed E-state index contributed by atoms with van der Waals surface area (Å²) in [5.41, 5.74) is 0.586. The van der Waals surface area contributed by atoms with Gasteiger partial charge in [0.05, 0.1) is 20.1 Å². The fourth-order valence-electron chi connectivity index (χ4n) is 3.77. The molecule has 2 heterocycles. The van der Waals surface area contributed by atoms with Crippen molar-refractivity contribution in [3.05, 3.63) is 23.8 Å². The zero-order valence-corrected chi connectivity index (χ0v) is 17.3. The average Bonchev–Trinajstić information content (AvgIpc) is 2.73. The second kappa shape index (κ2) is 10.5. The number of halogens is 1. The first-order valence-corrected chi connectivity index (χ1v) is 9.64. The maximum Gasteiger partial charge on any atom is 0.253 e. The second-order valence-electron chi connectivity index (χ2n) is 7.19. The van der Waals surface area contributed by atoms with Crippen LogP contribution in [0.4, 0.5) is 0 Å². The second-order valence-corrected chi connectivity index (χ2v) is 7.19. The van der Waals surface area contributed by atoms with Gasteiger partial charge in [-0.3, -0.25) is 9.59 Å². The van der Waals surface area contributed by atoms with Crippen molar-refractivity contribution in [3.8, 4) is 11.5 Å². The Morgan fingerprint density at radius 1 is 1.11 bits per heavy atom. The minimum atomic E-state index is -0.0165. The number of benzene rings is 1. The van der Waals surface area contributed by atoms with Crippen LogP contribution in [0.5, 0.6) is 11.5 Å². The zero-order valence-electron chi connectivity index (χ0n) is 16.5. The van der Waals surface area contributed by atoms with Crippen LogP contribution in [0.3, 0.4) is 0 Å². The minimum Gasteiger partial charge on any atom is -0.493 e. The maximum atomic E-state index is 12.8. The predicted molar refractivity (Wildman–Crippen MR) is 109 cm³/mol. The molecule has 2 saturated heterocycles. The number of nitrogens with zero attached hydrogens (tertiary/aromatic N) is 1. The third-order valence-corrected chi connectivity index (χ3v) is 5.43. The number of hydrogen-bond acceptors (Lipinski definition) is 5. The molecule has 0 aromatic heterocycles. The topological polar surface area (TPSA) is 79.9 Å². The molecule has 1 aromatic carbocycles. The molecule has 2 fully saturated rings. The van der Waals surface area contributed by atoms with Crippen LogP contribution in [0.15, 0.2) is 18.2 Å². The van der Waals surface area contributed by atoms with E-state index in [9.17, 15) is 9.59 Å². The van der Waals surface area contributed by atoms with Crippen LogP contribution < -0.4 is 20.1 Å². The lowest BCUT2D eigenvalue weighted by Crippen LogP contribution is -2.49. The van der Waals surface area contributed by atoms with E-state index in [0.717, 1.165) is 38.8 Å². The summed E-state index contributed by atoms with van der Waals surface area (Å²) in [6.45, 7) is 3.05. The molecule has 0 spiro atoms. The number of ether oxygens (including phenoxy) is 2. The van der Waals surface area contributed by atoms with Crippen molar-refractivity contribution in [2.24, 2.45) is 5.92 Å². The summed E-state index contributed by atoms with van der Waals surface area (Å²) in [5.74, 6) is 1.36. The average molecular weight is 412 g/mol. The molecule has 8 heteroatoms. The summed E-state index contributed by atoms with van der Waals surface area (Å²) < 4.78 is 10.5. The zero-order chi connectivity index (χ0) is 19.2. The van der Waals surface area contributed by atoms with E-state index in [1.54, 1.807) is 32.4 Å². The molecule has 2 N–H and O–H groups in total. The fourth-order valence-corrected chi connectivity index (χ4v) is 3.77. The van der Waals surface area contributed by atoms with Crippen LogP contribution in [0.1, 0.15) is 36.0 Å². The van der Waals surface area contributed by atoms with E-state index in [0.29, 0.717) is 30.2 Å². The molecular formula is C20H30ClN3O4. The van der Waals surface area contributed by atoms with E-state index in [1.807, 2.05) is 4.90 Å². The normalized spacial score (nSPS) is 20.1. The van der Waals surface area contributed by atoms with E-state index in [1.165, 1.54) is 0 Å². The summed E-state index contributed by atoms with van der Waals surface area (Å²) in [4.78, 5) is 27.0. The Balaban J connectivity index is 0.00000280. The van der Waals surface area contributed by atoms with Crippen molar-refractivity contribution >= 4 is 24.2 Å². The maximum absolute atomic E-state index is 12.8. The van der Waals surface area contributed by atoms with Gasteiger partial charge in [-0.25, -0.2) is 0 Å². The molecular weight excluding hydrogens is 382 g/mol. The predicted octanol–water partition coefficient (Wildman–Crippen LogP) is 1.85. The Labute approximate surface area is 172 Å². The van der Waals surface area contributed by atoms with Gasteiger partial charge in [-0.05, 0) is 50.4 Å². The first-order chi connectivity index (χ1) is 13.1. The van der Waals surface area contributed by atoms with Gasteiger partial charge in [0.2, 0.25) is 5.91 Å². The minimum absolute atomic E-state index is 0. The molecule has 1 aromatic rings. The highest BCUT2D eigenvalue weighted by Crippen LogP contribution is 2.28. The van der Waals surface area contributed by atoms with Gasteiger partial charge >= 0.3 is 0 Å². The Bertz CT molecular complexity index is 671. The van der Waals surface area contributed by atoms with Gasteiger partial charge in [0.15, 0.2) is 11.5 Å². The molecule has 3 rings (SSSR count). The number of likely N-dealkylation sites (tertiary alicyclic amines) is 1. The molecule has 0 saturated carbocycles. The van der Waals surface area contributed by atoms with Gasteiger partial charge in [0.25, 0.3) is 5.91 Å². The highest BCUT2D eigenvalue weighted by atomic mass is 35.5. The van der Waals surface area contributed by atoms with Crippen LogP contribution >= 0.6 is 12.4 Å². The van der Waals surface area contributed by atoms with E-state index in [4.69, 9.17) is 9.47 Å². The number of piperidine rings is 2. The first kappa shape index (κ1) is 22.3. The van der Waals surface area contributed by atoms with E-state index >= 15 is 0 Å². The van der Waals surface area contributed by atoms with Crippen LogP contribution in [0.2, 0.25) is 0 Å². The van der Waals surface area contributed by atoms with Gasteiger partial charge < -0.3 is 25.0 Å². The van der Waals surface area contributed by atoms with Gasteiger partial charge in [0.1, 0.15) is 0 Å². The molecule has 2 aliphatic heterocycles. The molecule has 0 radical (unpaired) electrons. The van der Waals surface area contributed by atoms with Crippen LogP contribution in [-0.4, -0.2) is 63.2 Å². The molecule has 0 aliphatic carbocycles. The molecule has 1 atom stereocenters. The Hall–Kier alpha value is -1.99.